The summed E-state index contributed by atoms with van der Waals surface area (Å²) in [6.45, 7) is 5.70. The van der Waals surface area contributed by atoms with E-state index in [1.807, 2.05) is 18.2 Å². The largest absolute Gasteiger partial charge is 0.483 e. The van der Waals surface area contributed by atoms with E-state index in [0.29, 0.717) is 27.3 Å². The highest BCUT2D eigenvalue weighted by Crippen LogP contribution is 2.30. The fraction of sp³-hybridized carbons (Fsp3) is 0.364. The summed E-state index contributed by atoms with van der Waals surface area (Å²) in [5, 5.41) is 3.42. The highest BCUT2D eigenvalue weighted by molar-refractivity contribution is 9.10. The second-order valence-corrected chi connectivity index (χ2v) is 8.81. The number of ether oxygens (including phenoxy) is 1. The average molecular weight is 516 g/mol. The van der Waals surface area contributed by atoms with E-state index in [1.54, 1.807) is 25.1 Å². The van der Waals surface area contributed by atoms with Crippen molar-refractivity contribution in [3.05, 3.63) is 62.0 Å². The smallest absolute Gasteiger partial charge is 0.261 e. The number of nitrogens with zero attached hydrogens (tertiary/aromatic N) is 1. The summed E-state index contributed by atoms with van der Waals surface area (Å²) in [5.74, 6) is 0.272. The molecule has 2 amide bonds. The Morgan fingerprint density at radius 3 is 2.30 bits per heavy atom. The molecule has 2 rings (SSSR count). The first-order valence-corrected chi connectivity index (χ1v) is 11.1. The van der Waals surface area contributed by atoms with Crippen LogP contribution in [0.2, 0.25) is 10.0 Å². The summed E-state index contributed by atoms with van der Waals surface area (Å²) < 4.78 is 6.51. The highest BCUT2D eigenvalue weighted by atomic mass is 79.9. The molecule has 162 valence electrons. The zero-order valence-electron chi connectivity index (χ0n) is 17.3. The van der Waals surface area contributed by atoms with Crippen molar-refractivity contribution in [3.63, 3.8) is 0 Å². The molecule has 0 radical (unpaired) electrons. The molecule has 0 saturated carbocycles. The van der Waals surface area contributed by atoms with Gasteiger partial charge in [-0.3, -0.25) is 9.59 Å². The molecule has 2 aromatic rings. The van der Waals surface area contributed by atoms with Crippen LogP contribution in [0.5, 0.6) is 5.75 Å². The number of amides is 2. The van der Waals surface area contributed by atoms with Crippen LogP contribution in [-0.2, 0) is 16.1 Å². The third-order valence-corrected chi connectivity index (χ3v) is 6.11. The zero-order valence-corrected chi connectivity index (χ0v) is 20.4. The Morgan fingerprint density at radius 1 is 1.13 bits per heavy atom. The highest BCUT2D eigenvalue weighted by Gasteiger charge is 2.27. The normalized spacial score (nSPS) is 11.9. The summed E-state index contributed by atoms with van der Waals surface area (Å²) >= 11 is 16.0. The van der Waals surface area contributed by atoms with Crippen LogP contribution in [0.25, 0.3) is 0 Å². The van der Waals surface area contributed by atoms with Gasteiger partial charge in [-0.05, 0) is 58.6 Å². The van der Waals surface area contributed by atoms with Crippen LogP contribution in [-0.4, -0.2) is 36.4 Å². The molecule has 1 N–H and O–H groups in total. The Hall–Kier alpha value is -1.76. The van der Waals surface area contributed by atoms with E-state index in [-0.39, 0.29) is 25.0 Å². The first kappa shape index (κ1) is 24.5. The standard InChI is InChI=1S/C22H25BrCl2N2O3/c1-13(2)15-8-9-20(17(23)10-15)30-12-21(28)27(14(3)22(29)26-4)11-16-18(24)6-5-7-19(16)25/h5-10,13-14H,11-12H2,1-4H3,(H,26,29)/t14-/m1/s1. The lowest BCUT2D eigenvalue weighted by Gasteiger charge is -2.29. The molecule has 5 nitrogen and oxygen atoms in total. The van der Waals surface area contributed by atoms with Crippen LogP contribution in [0.4, 0.5) is 0 Å². The number of carbonyl (C=O) groups is 2. The Bertz CT molecular complexity index is 901. The number of likely N-dealkylation sites (N-methyl/N-ethyl adjacent to an activating group) is 1. The molecular formula is C22H25BrCl2N2O3. The van der Waals surface area contributed by atoms with E-state index in [9.17, 15) is 9.59 Å². The lowest BCUT2D eigenvalue weighted by Crippen LogP contribution is -2.48. The van der Waals surface area contributed by atoms with Crippen molar-refractivity contribution in [3.8, 4) is 5.75 Å². The Morgan fingerprint density at radius 2 is 1.77 bits per heavy atom. The van der Waals surface area contributed by atoms with Crippen molar-refractivity contribution in [1.29, 1.82) is 0 Å². The second kappa shape index (κ2) is 11.0. The van der Waals surface area contributed by atoms with E-state index in [0.717, 1.165) is 10.0 Å². The SMILES string of the molecule is CNC(=O)[C@@H](C)N(Cc1c(Cl)cccc1Cl)C(=O)COc1ccc(C(C)C)cc1Br. The molecule has 0 unspecified atom stereocenters. The molecule has 0 saturated heterocycles. The number of halogens is 3. The molecular weight excluding hydrogens is 491 g/mol. The number of benzene rings is 2. The molecule has 0 heterocycles. The van der Waals surface area contributed by atoms with Gasteiger partial charge in [0.05, 0.1) is 4.47 Å². The van der Waals surface area contributed by atoms with Gasteiger partial charge in [-0.15, -0.1) is 0 Å². The lowest BCUT2D eigenvalue weighted by atomic mass is 10.0. The first-order valence-electron chi connectivity index (χ1n) is 9.51. The van der Waals surface area contributed by atoms with Gasteiger partial charge in [-0.2, -0.15) is 0 Å². The summed E-state index contributed by atoms with van der Waals surface area (Å²) in [6.07, 6.45) is 0. The van der Waals surface area contributed by atoms with Crippen molar-refractivity contribution < 1.29 is 14.3 Å². The van der Waals surface area contributed by atoms with Crippen LogP contribution < -0.4 is 10.1 Å². The van der Waals surface area contributed by atoms with Gasteiger partial charge in [0.15, 0.2) is 6.61 Å². The fourth-order valence-electron chi connectivity index (χ4n) is 2.86. The summed E-state index contributed by atoms with van der Waals surface area (Å²) in [4.78, 5) is 26.6. The van der Waals surface area contributed by atoms with Gasteiger partial charge in [0.2, 0.25) is 5.91 Å². The minimum absolute atomic E-state index is 0.0861. The van der Waals surface area contributed by atoms with Gasteiger partial charge in [-0.1, -0.05) is 49.2 Å². The van der Waals surface area contributed by atoms with E-state index < -0.39 is 6.04 Å². The first-order chi connectivity index (χ1) is 14.1. The monoisotopic (exact) mass is 514 g/mol. The number of rotatable bonds is 8. The van der Waals surface area contributed by atoms with E-state index in [2.05, 4.69) is 35.1 Å². The van der Waals surface area contributed by atoms with Crippen molar-refractivity contribution in [2.45, 2.75) is 39.3 Å². The Kier molecular flexibility index (Phi) is 9.01. The van der Waals surface area contributed by atoms with Crippen LogP contribution in [0.15, 0.2) is 40.9 Å². The molecule has 0 aromatic heterocycles. The van der Waals surface area contributed by atoms with Gasteiger partial charge >= 0.3 is 0 Å². The molecule has 0 aliphatic heterocycles. The summed E-state index contributed by atoms with van der Waals surface area (Å²) in [7, 11) is 1.52. The van der Waals surface area contributed by atoms with Crippen molar-refractivity contribution >= 4 is 50.9 Å². The van der Waals surface area contributed by atoms with Gasteiger partial charge in [-0.25, -0.2) is 0 Å². The molecule has 30 heavy (non-hydrogen) atoms. The minimum atomic E-state index is -0.731. The maximum absolute atomic E-state index is 13.0. The molecule has 8 heteroatoms. The number of hydrogen-bond acceptors (Lipinski definition) is 3. The van der Waals surface area contributed by atoms with Gasteiger partial charge in [0.25, 0.3) is 5.91 Å². The van der Waals surface area contributed by atoms with Gasteiger partial charge in [0.1, 0.15) is 11.8 Å². The molecule has 0 aliphatic rings. The molecule has 2 aromatic carbocycles. The third-order valence-electron chi connectivity index (χ3n) is 4.78. The molecule has 0 bridgehead atoms. The fourth-order valence-corrected chi connectivity index (χ4v) is 3.89. The van der Waals surface area contributed by atoms with E-state index >= 15 is 0 Å². The van der Waals surface area contributed by atoms with Gasteiger partial charge in [0, 0.05) is 29.2 Å². The van der Waals surface area contributed by atoms with E-state index in [1.165, 1.54) is 11.9 Å². The molecule has 1 atom stereocenters. The number of nitrogens with one attached hydrogen (secondary N) is 1. The van der Waals surface area contributed by atoms with Crippen molar-refractivity contribution in [1.82, 2.24) is 10.2 Å². The van der Waals surface area contributed by atoms with Crippen molar-refractivity contribution in [2.24, 2.45) is 0 Å². The second-order valence-electron chi connectivity index (χ2n) is 7.15. The zero-order chi connectivity index (χ0) is 22.4. The quantitative estimate of drug-likeness (QED) is 0.510. The van der Waals surface area contributed by atoms with Crippen LogP contribution in [0.1, 0.15) is 37.8 Å². The minimum Gasteiger partial charge on any atom is -0.483 e. The van der Waals surface area contributed by atoms with Gasteiger partial charge < -0.3 is 15.0 Å². The molecule has 0 aliphatic carbocycles. The van der Waals surface area contributed by atoms with Crippen LogP contribution in [0.3, 0.4) is 0 Å². The van der Waals surface area contributed by atoms with Crippen LogP contribution >= 0.6 is 39.1 Å². The molecule has 0 fully saturated rings. The lowest BCUT2D eigenvalue weighted by molar-refractivity contribution is -0.142. The Balaban J connectivity index is 2.21. The maximum Gasteiger partial charge on any atom is 0.261 e. The Labute approximate surface area is 195 Å². The predicted molar refractivity (Wildman–Crippen MR) is 124 cm³/mol. The topological polar surface area (TPSA) is 58.6 Å². The number of carbonyl (C=O) groups excluding carboxylic acids is 2. The maximum atomic E-state index is 13.0. The summed E-state index contributed by atoms with van der Waals surface area (Å²) in [6, 6.07) is 10.1. The summed E-state index contributed by atoms with van der Waals surface area (Å²) in [5.41, 5.74) is 1.73. The van der Waals surface area contributed by atoms with Crippen LogP contribution in [0, 0.1) is 0 Å². The predicted octanol–water partition coefficient (Wildman–Crippen LogP) is 5.42. The van der Waals surface area contributed by atoms with E-state index in [4.69, 9.17) is 27.9 Å². The third kappa shape index (κ3) is 6.13. The number of hydrogen-bond donors (Lipinski definition) is 1. The average Bonchev–Trinajstić information content (AvgIpc) is 2.71. The molecule has 0 spiro atoms. The van der Waals surface area contributed by atoms with Crippen molar-refractivity contribution in [2.75, 3.05) is 13.7 Å².